The summed E-state index contributed by atoms with van der Waals surface area (Å²) in [6.07, 6.45) is 7.76. The predicted molar refractivity (Wildman–Crippen MR) is 131 cm³/mol. The number of imidazole rings is 1. The van der Waals surface area contributed by atoms with E-state index < -0.39 is 16.1 Å². The molecule has 178 valence electrons. The molecule has 2 aromatic heterocycles. The first-order valence-electron chi connectivity index (χ1n) is 11.2. The van der Waals surface area contributed by atoms with Crippen LogP contribution in [0.15, 0.2) is 53.3 Å². The van der Waals surface area contributed by atoms with Crippen molar-refractivity contribution in [3.05, 3.63) is 59.5 Å². The van der Waals surface area contributed by atoms with E-state index in [4.69, 9.17) is 4.74 Å². The number of amides is 1. The van der Waals surface area contributed by atoms with Gasteiger partial charge >= 0.3 is 6.09 Å². The highest BCUT2D eigenvalue weighted by atomic mass is 32.2. The molecule has 2 heterocycles. The quantitative estimate of drug-likeness (QED) is 0.361. The highest BCUT2D eigenvalue weighted by Gasteiger charge is 2.26. The summed E-state index contributed by atoms with van der Waals surface area (Å²) in [6.45, 7) is 7.04. The molecule has 1 amide bonds. The van der Waals surface area contributed by atoms with Crippen molar-refractivity contribution >= 4 is 27.5 Å². The topological polar surface area (TPSA) is 90.3 Å². The van der Waals surface area contributed by atoms with Crippen molar-refractivity contribution in [3.63, 3.8) is 0 Å². The lowest BCUT2D eigenvalue weighted by Gasteiger charge is -2.10. The third kappa shape index (κ3) is 7.17. The van der Waals surface area contributed by atoms with E-state index >= 15 is 0 Å². The van der Waals surface area contributed by atoms with E-state index in [1.54, 1.807) is 12.5 Å². The number of carbonyl (C=O) groups excluding carboxylic acids is 1. The first-order valence-corrected chi connectivity index (χ1v) is 13.5. The molecule has 33 heavy (non-hydrogen) atoms. The van der Waals surface area contributed by atoms with E-state index in [9.17, 15) is 13.2 Å². The van der Waals surface area contributed by atoms with Crippen LogP contribution in [-0.2, 0) is 27.7 Å². The van der Waals surface area contributed by atoms with E-state index in [2.05, 4.69) is 23.6 Å². The Morgan fingerprint density at radius 3 is 2.76 bits per heavy atom. The normalized spacial score (nSPS) is 11.6. The van der Waals surface area contributed by atoms with Crippen LogP contribution in [0, 0.1) is 5.92 Å². The predicted octanol–water partition coefficient (Wildman–Crippen LogP) is 5.46. The van der Waals surface area contributed by atoms with Crippen LogP contribution in [0.3, 0.4) is 0 Å². The molecule has 0 saturated carbocycles. The molecule has 1 aromatic carbocycles. The van der Waals surface area contributed by atoms with Crippen LogP contribution in [-0.4, -0.2) is 30.7 Å². The average Bonchev–Trinajstić information content (AvgIpc) is 3.41. The summed E-state index contributed by atoms with van der Waals surface area (Å²) < 4.78 is 35.5. The SMILES string of the molecule is CCCCCOC(=O)NS(=O)(=O)c1sc(CC(C)C)cc1-c1cccc(Cn2ccnc2)c1. The summed E-state index contributed by atoms with van der Waals surface area (Å²) in [6, 6.07) is 9.68. The highest BCUT2D eigenvalue weighted by Crippen LogP contribution is 2.36. The van der Waals surface area contributed by atoms with Gasteiger partial charge in [0.05, 0.1) is 12.9 Å². The van der Waals surface area contributed by atoms with Crippen LogP contribution >= 0.6 is 11.3 Å². The smallest absolute Gasteiger partial charge is 0.421 e. The Morgan fingerprint density at radius 1 is 1.24 bits per heavy atom. The number of rotatable bonds is 11. The molecule has 0 saturated heterocycles. The minimum Gasteiger partial charge on any atom is -0.449 e. The molecule has 3 aromatic rings. The van der Waals surface area contributed by atoms with Crippen LogP contribution in [0.1, 0.15) is 50.5 Å². The van der Waals surface area contributed by atoms with Crippen molar-refractivity contribution in [2.75, 3.05) is 6.61 Å². The summed E-state index contributed by atoms with van der Waals surface area (Å²) in [5.74, 6) is 0.371. The fourth-order valence-electron chi connectivity index (χ4n) is 3.46. The van der Waals surface area contributed by atoms with Gasteiger partial charge in [0, 0.05) is 29.4 Å². The number of nitrogens with one attached hydrogen (secondary N) is 1. The molecule has 0 radical (unpaired) electrons. The Hall–Kier alpha value is -2.65. The Balaban J connectivity index is 1.89. The summed E-state index contributed by atoms with van der Waals surface area (Å²) in [4.78, 5) is 17.2. The molecule has 0 fully saturated rings. The average molecular weight is 490 g/mol. The third-order valence-corrected chi connectivity index (χ3v) is 7.97. The summed E-state index contributed by atoms with van der Waals surface area (Å²) >= 11 is 1.20. The maximum atomic E-state index is 13.2. The van der Waals surface area contributed by atoms with Crippen molar-refractivity contribution in [2.24, 2.45) is 5.92 Å². The number of nitrogens with zero attached hydrogens (tertiary/aromatic N) is 2. The van der Waals surface area contributed by atoms with Crippen molar-refractivity contribution in [3.8, 4) is 11.1 Å². The largest absolute Gasteiger partial charge is 0.449 e. The van der Waals surface area contributed by atoms with Crippen LogP contribution in [0.2, 0.25) is 0 Å². The molecular formula is C24H31N3O4S2. The van der Waals surface area contributed by atoms with Crippen LogP contribution < -0.4 is 4.72 Å². The first-order chi connectivity index (χ1) is 15.8. The molecule has 0 atom stereocenters. The van der Waals surface area contributed by atoms with E-state index in [0.29, 0.717) is 24.4 Å². The lowest BCUT2D eigenvalue weighted by molar-refractivity contribution is 0.150. The Morgan fingerprint density at radius 2 is 2.06 bits per heavy atom. The third-order valence-electron chi connectivity index (χ3n) is 4.96. The Labute approximate surface area is 199 Å². The molecular weight excluding hydrogens is 458 g/mol. The zero-order valence-corrected chi connectivity index (χ0v) is 20.9. The van der Waals surface area contributed by atoms with Gasteiger partial charge in [0.25, 0.3) is 10.0 Å². The van der Waals surface area contributed by atoms with Gasteiger partial charge in [0.2, 0.25) is 0 Å². The molecule has 0 aliphatic carbocycles. The van der Waals surface area contributed by atoms with Crippen LogP contribution in [0.5, 0.6) is 0 Å². The lowest BCUT2D eigenvalue weighted by Crippen LogP contribution is -2.31. The van der Waals surface area contributed by atoms with Gasteiger partial charge in [-0.1, -0.05) is 51.8 Å². The second-order valence-electron chi connectivity index (χ2n) is 8.40. The summed E-state index contributed by atoms with van der Waals surface area (Å²) in [5, 5.41) is 0. The lowest BCUT2D eigenvalue weighted by atomic mass is 10.0. The second-order valence-corrected chi connectivity index (χ2v) is 11.4. The standard InChI is InChI=1S/C24H31N3O4S2/c1-4-5-6-12-31-24(28)26-33(29,30)23-22(15-21(32-23)13-18(2)3)20-9-7-8-19(14-20)16-27-11-10-25-17-27/h7-11,14-15,17-18H,4-6,12-13,16H2,1-3H3,(H,26,28). The van der Waals surface area contributed by atoms with Gasteiger partial charge in [-0.05, 0) is 42.0 Å². The number of aromatic nitrogens is 2. The van der Waals surface area contributed by atoms with Gasteiger partial charge in [-0.25, -0.2) is 22.9 Å². The zero-order chi connectivity index (χ0) is 23.8. The molecule has 0 unspecified atom stereocenters. The number of thiophene rings is 1. The molecule has 0 bridgehead atoms. The van der Waals surface area contributed by atoms with Crippen LogP contribution in [0.25, 0.3) is 11.1 Å². The fraction of sp³-hybridized carbons (Fsp3) is 0.417. The van der Waals surface area contributed by atoms with Crippen molar-refractivity contribution < 1.29 is 17.9 Å². The molecule has 0 spiro atoms. The number of sulfonamides is 1. The van der Waals surface area contributed by atoms with E-state index in [-0.39, 0.29) is 10.8 Å². The van der Waals surface area contributed by atoms with E-state index in [0.717, 1.165) is 35.3 Å². The first kappa shape index (κ1) is 25.0. The molecule has 1 N–H and O–H groups in total. The van der Waals surface area contributed by atoms with Gasteiger partial charge in [0.15, 0.2) is 0 Å². The Bertz CT molecular complexity index is 1150. The molecule has 7 nitrogen and oxygen atoms in total. The maximum Gasteiger partial charge on any atom is 0.421 e. The van der Waals surface area contributed by atoms with Gasteiger partial charge in [-0.3, -0.25) is 0 Å². The zero-order valence-electron chi connectivity index (χ0n) is 19.3. The molecule has 0 aliphatic heterocycles. The molecule has 0 aliphatic rings. The van der Waals surface area contributed by atoms with Gasteiger partial charge in [0.1, 0.15) is 4.21 Å². The minimum atomic E-state index is -4.08. The van der Waals surface area contributed by atoms with Gasteiger partial charge < -0.3 is 9.30 Å². The van der Waals surface area contributed by atoms with Gasteiger partial charge in [-0.15, -0.1) is 11.3 Å². The van der Waals surface area contributed by atoms with Crippen molar-refractivity contribution in [1.82, 2.24) is 14.3 Å². The fourth-order valence-corrected chi connectivity index (χ4v) is 6.30. The summed E-state index contributed by atoms with van der Waals surface area (Å²) in [5.41, 5.74) is 2.40. The monoisotopic (exact) mass is 489 g/mol. The van der Waals surface area contributed by atoms with Crippen molar-refractivity contribution in [2.45, 2.75) is 57.2 Å². The van der Waals surface area contributed by atoms with Crippen molar-refractivity contribution in [1.29, 1.82) is 0 Å². The number of hydrogen-bond acceptors (Lipinski definition) is 6. The number of benzene rings is 1. The number of hydrogen-bond donors (Lipinski definition) is 1. The number of ether oxygens (including phenoxy) is 1. The molecule has 3 rings (SSSR count). The minimum absolute atomic E-state index is 0.128. The van der Waals surface area contributed by atoms with Crippen LogP contribution in [0.4, 0.5) is 4.79 Å². The summed E-state index contributed by atoms with van der Waals surface area (Å²) in [7, 11) is -4.08. The van der Waals surface area contributed by atoms with E-state index in [1.807, 2.05) is 48.0 Å². The van der Waals surface area contributed by atoms with Gasteiger partial charge in [-0.2, -0.15) is 0 Å². The molecule has 9 heteroatoms. The maximum absolute atomic E-state index is 13.2. The Kier molecular flexibility index (Phi) is 8.68. The van der Waals surface area contributed by atoms with E-state index in [1.165, 1.54) is 11.3 Å². The second kappa shape index (κ2) is 11.5. The number of carbonyl (C=O) groups is 1. The number of unbranched alkanes of at least 4 members (excludes halogenated alkanes) is 2. The highest BCUT2D eigenvalue weighted by molar-refractivity contribution is 7.92.